The van der Waals surface area contributed by atoms with Crippen molar-refractivity contribution in [3.63, 3.8) is 0 Å². The highest BCUT2D eigenvalue weighted by molar-refractivity contribution is 7.16. The molecule has 0 spiro atoms. The second-order valence-electron chi connectivity index (χ2n) is 3.37. The van der Waals surface area contributed by atoms with E-state index in [2.05, 4.69) is 17.5 Å². The summed E-state index contributed by atoms with van der Waals surface area (Å²) in [4.78, 5) is 2.57. The quantitative estimate of drug-likeness (QED) is 0.877. The van der Waals surface area contributed by atoms with Gasteiger partial charge in [-0.15, -0.1) is 22.7 Å². The molecular weight excluding hydrogens is 246 g/mol. The van der Waals surface area contributed by atoms with Gasteiger partial charge in [-0.2, -0.15) is 0 Å². The molecule has 1 nitrogen and oxygen atoms in total. The molecule has 1 unspecified atom stereocenters. The standard InChI is InChI=1S/C11H12ClNS2/c12-11-6-5-10(15-11)9(13)4-3-8-2-1-7-14-8/h1-2,5-7,9H,3-4,13H2. The molecule has 0 saturated carbocycles. The van der Waals surface area contributed by atoms with Crippen LogP contribution in [0.2, 0.25) is 4.34 Å². The van der Waals surface area contributed by atoms with Crippen LogP contribution in [0.15, 0.2) is 29.6 Å². The molecule has 1 atom stereocenters. The maximum atomic E-state index is 6.08. The number of hydrogen-bond acceptors (Lipinski definition) is 3. The molecule has 2 rings (SSSR count). The minimum absolute atomic E-state index is 0.115. The Labute approximate surface area is 103 Å². The zero-order valence-corrected chi connectivity index (χ0v) is 10.5. The van der Waals surface area contributed by atoms with Gasteiger partial charge in [-0.25, -0.2) is 0 Å². The van der Waals surface area contributed by atoms with E-state index in [-0.39, 0.29) is 6.04 Å². The predicted octanol–water partition coefficient (Wildman–Crippen LogP) is 4.10. The third kappa shape index (κ3) is 3.05. The van der Waals surface area contributed by atoms with Crippen LogP contribution in [-0.4, -0.2) is 0 Å². The Balaban J connectivity index is 1.90. The first kappa shape index (κ1) is 11.1. The van der Waals surface area contributed by atoms with Crippen molar-refractivity contribution in [1.82, 2.24) is 0 Å². The van der Waals surface area contributed by atoms with Crippen LogP contribution in [-0.2, 0) is 6.42 Å². The lowest BCUT2D eigenvalue weighted by molar-refractivity contribution is 0.666. The van der Waals surface area contributed by atoms with Gasteiger partial charge in [0.15, 0.2) is 0 Å². The maximum absolute atomic E-state index is 6.08. The van der Waals surface area contributed by atoms with E-state index in [1.165, 1.54) is 9.75 Å². The van der Waals surface area contributed by atoms with Gasteiger partial charge in [0.05, 0.1) is 4.34 Å². The van der Waals surface area contributed by atoms with Crippen molar-refractivity contribution in [3.05, 3.63) is 43.7 Å². The van der Waals surface area contributed by atoms with E-state index in [1.54, 1.807) is 22.7 Å². The van der Waals surface area contributed by atoms with Crippen molar-refractivity contribution in [2.24, 2.45) is 5.73 Å². The van der Waals surface area contributed by atoms with Crippen molar-refractivity contribution < 1.29 is 0 Å². The zero-order chi connectivity index (χ0) is 10.7. The fourth-order valence-corrected chi connectivity index (χ4v) is 3.24. The van der Waals surface area contributed by atoms with Crippen molar-refractivity contribution in [2.45, 2.75) is 18.9 Å². The highest BCUT2D eigenvalue weighted by atomic mass is 35.5. The molecule has 0 aliphatic heterocycles. The molecule has 0 aliphatic rings. The number of thiophene rings is 2. The predicted molar refractivity (Wildman–Crippen MR) is 68.9 cm³/mol. The molecular formula is C11H12ClNS2. The Bertz CT molecular complexity index is 408. The number of aryl methyl sites for hydroxylation is 1. The second kappa shape index (κ2) is 5.12. The number of halogens is 1. The van der Waals surface area contributed by atoms with E-state index >= 15 is 0 Å². The van der Waals surface area contributed by atoms with Crippen molar-refractivity contribution >= 4 is 34.3 Å². The molecule has 0 amide bonds. The fourth-order valence-electron chi connectivity index (χ4n) is 1.42. The molecule has 80 valence electrons. The van der Waals surface area contributed by atoms with Crippen LogP contribution >= 0.6 is 34.3 Å². The van der Waals surface area contributed by atoms with E-state index in [0.29, 0.717) is 0 Å². The molecule has 2 aromatic heterocycles. The number of rotatable bonds is 4. The Morgan fingerprint density at radius 2 is 2.20 bits per heavy atom. The molecule has 0 aromatic carbocycles. The Hall–Kier alpha value is -0.350. The minimum Gasteiger partial charge on any atom is -0.323 e. The van der Waals surface area contributed by atoms with Crippen LogP contribution in [0.5, 0.6) is 0 Å². The normalized spacial score (nSPS) is 12.9. The van der Waals surface area contributed by atoms with Gasteiger partial charge in [0.25, 0.3) is 0 Å². The zero-order valence-electron chi connectivity index (χ0n) is 8.15. The first-order chi connectivity index (χ1) is 7.25. The Morgan fingerprint density at radius 3 is 2.80 bits per heavy atom. The lowest BCUT2D eigenvalue weighted by Gasteiger charge is -2.07. The molecule has 0 saturated heterocycles. The SMILES string of the molecule is NC(CCc1cccs1)c1ccc(Cl)s1. The summed E-state index contributed by atoms with van der Waals surface area (Å²) < 4.78 is 0.816. The Morgan fingerprint density at radius 1 is 1.33 bits per heavy atom. The first-order valence-electron chi connectivity index (χ1n) is 4.79. The lowest BCUT2D eigenvalue weighted by atomic mass is 10.1. The van der Waals surface area contributed by atoms with Crippen LogP contribution in [0, 0.1) is 0 Å². The van der Waals surface area contributed by atoms with E-state index in [1.807, 2.05) is 12.1 Å². The van der Waals surface area contributed by atoms with Gasteiger partial charge < -0.3 is 5.73 Å². The largest absolute Gasteiger partial charge is 0.323 e. The van der Waals surface area contributed by atoms with Crippen molar-refractivity contribution in [2.75, 3.05) is 0 Å². The lowest BCUT2D eigenvalue weighted by Crippen LogP contribution is -2.09. The van der Waals surface area contributed by atoms with Gasteiger partial charge in [-0.1, -0.05) is 17.7 Å². The molecule has 15 heavy (non-hydrogen) atoms. The summed E-state index contributed by atoms with van der Waals surface area (Å²) in [5.74, 6) is 0. The average molecular weight is 258 g/mol. The molecule has 0 radical (unpaired) electrons. The highest BCUT2D eigenvalue weighted by Gasteiger charge is 2.08. The number of nitrogens with two attached hydrogens (primary N) is 1. The molecule has 0 bridgehead atoms. The fraction of sp³-hybridized carbons (Fsp3) is 0.273. The van der Waals surface area contributed by atoms with Crippen LogP contribution in [0.25, 0.3) is 0 Å². The second-order valence-corrected chi connectivity index (χ2v) is 6.15. The molecule has 0 fully saturated rings. The summed E-state index contributed by atoms with van der Waals surface area (Å²) in [6, 6.07) is 8.27. The summed E-state index contributed by atoms with van der Waals surface area (Å²) >= 11 is 9.23. The highest BCUT2D eigenvalue weighted by Crippen LogP contribution is 2.28. The van der Waals surface area contributed by atoms with Crippen LogP contribution in [0.3, 0.4) is 0 Å². The average Bonchev–Trinajstić information content (AvgIpc) is 2.84. The van der Waals surface area contributed by atoms with E-state index in [0.717, 1.165) is 17.2 Å². The Kier molecular flexibility index (Phi) is 3.81. The van der Waals surface area contributed by atoms with Crippen molar-refractivity contribution in [3.8, 4) is 0 Å². The van der Waals surface area contributed by atoms with Crippen LogP contribution < -0.4 is 5.73 Å². The van der Waals surface area contributed by atoms with E-state index < -0.39 is 0 Å². The summed E-state index contributed by atoms with van der Waals surface area (Å²) in [5.41, 5.74) is 6.08. The van der Waals surface area contributed by atoms with Gasteiger partial charge in [0.2, 0.25) is 0 Å². The van der Waals surface area contributed by atoms with E-state index in [4.69, 9.17) is 17.3 Å². The molecule has 2 N–H and O–H groups in total. The summed E-state index contributed by atoms with van der Waals surface area (Å²) in [7, 11) is 0. The molecule has 2 heterocycles. The van der Waals surface area contributed by atoms with Gasteiger partial charge in [-0.3, -0.25) is 0 Å². The van der Waals surface area contributed by atoms with Crippen LogP contribution in [0.1, 0.15) is 22.2 Å². The van der Waals surface area contributed by atoms with Crippen LogP contribution in [0.4, 0.5) is 0 Å². The topological polar surface area (TPSA) is 26.0 Å². The van der Waals surface area contributed by atoms with Gasteiger partial charge in [-0.05, 0) is 36.4 Å². The third-order valence-electron chi connectivity index (χ3n) is 2.24. The van der Waals surface area contributed by atoms with Gasteiger partial charge in [0, 0.05) is 15.8 Å². The molecule has 4 heteroatoms. The summed E-state index contributed by atoms with van der Waals surface area (Å²) in [6.45, 7) is 0. The third-order valence-corrected chi connectivity index (χ3v) is 4.54. The smallest absolute Gasteiger partial charge is 0.0931 e. The first-order valence-corrected chi connectivity index (χ1v) is 6.86. The number of hydrogen-bond donors (Lipinski definition) is 1. The summed E-state index contributed by atoms with van der Waals surface area (Å²) in [6.07, 6.45) is 2.03. The summed E-state index contributed by atoms with van der Waals surface area (Å²) in [5, 5.41) is 2.10. The molecule has 2 aromatic rings. The van der Waals surface area contributed by atoms with E-state index in [9.17, 15) is 0 Å². The monoisotopic (exact) mass is 257 g/mol. The van der Waals surface area contributed by atoms with Gasteiger partial charge in [0.1, 0.15) is 0 Å². The van der Waals surface area contributed by atoms with Gasteiger partial charge >= 0.3 is 0 Å². The maximum Gasteiger partial charge on any atom is 0.0931 e. The molecule has 0 aliphatic carbocycles. The van der Waals surface area contributed by atoms with Crippen molar-refractivity contribution in [1.29, 1.82) is 0 Å². The minimum atomic E-state index is 0.115.